The highest BCUT2D eigenvalue weighted by Crippen LogP contribution is 2.31. The minimum absolute atomic E-state index is 0.0812. The number of nitrogens with zero attached hydrogens (tertiary/aromatic N) is 2. The summed E-state index contributed by atoms with van der Waals surface area (Å²) in [4.78, 5) is 20.3. The summed E-state index contributed by atoms with van der Waals surface area (Å²) < 4.78 is 4.96. The molecule has 1 heterocycles. The molecule has 1 fully saturated rings. The summed E-state index contributed by atoms with van der Waals surface area (Å²) in [6.07, 6.45) is 6.29. The van der Waals surface area contributed by atoms with Gasteiger partial charge in [-0.3, -0.25) is 0 Å². The largest absolute Gasteiger partial charge is 0.462 e. The molecule has 0 aliphatic heterocycles. The van der Waals surface area contributed by atoms with Crippen LogP contribution in [0.4, 0.5) is 5.95 Å². The summed E-state index contributed by atoms with van der Waals surface area (Å²) in [5, 5.41) is 3.38. The number of esters is 1. The maximum absolute atomic E-state index is 11.7. The van der Waals surface area contributed by atoms with E-state index in [0.717, 1.165) is 12.8 Å². The number of hydrogen-bond acceptors (Lipinski definition) is 5. The molecule has 1 aliphatic rings. The van der Waals surface area contributed by atoms with Crippen molar-refractivity contribution in [1.82, 2.24) is 9.97 Å². The third-order valence-corrected chi connectivity index (χ3v) is 3.60. The van der Waals surface area contributed by atoms with E-state index in [4.69, 9.17) is 4.74 Å². The number of carbonyl (C=O) groups excluding carboxylic acids is 1. The van der Waals surface area contributed by atoms with Gasteiger partial charge in [0.05, 0.1) is 17.9 Å². The van der Waals surface area contributed by atoms with Crippen molar-refractivity contribution >= 4 is 11.9 Å². The lowest BCUT2D eigenvalue weighted by molar-refractivity contribution is 0.0524. The lowest BCUT2D eigenvalue weighted by Crippen LogP contribution is -2.32. The SMILES string of the molecule is CCOC(=O)c1cnc(NC2(C)CCCC2)nc1C. The number of anilines is 1. The van der Waals surface area contributed by atoms with Gasteiger partial charge in [0.1, 0.15) is 0 Å². The van der Waals surface area contributed by atoms with Crippen molar-refractivity contribution in [3.05, 3.63) is 17.5 Å². The monoisotopic (exact) mass is 263 g/mol. The Balaban J connectivity index is 2.12. The summed E-state index contributed by atoms with van der Waals surface area (Å²) in [6, 6.07) is 0. The van der Waals surface area contributed by atoms with Crippen LogP contribution in [0.3, 0.4) is 0 Å². The first kappa shape index (κ1) is 13.8. The van der Waals surface area contributed by atoms with Crippen molar-refractivity contribution in [2.75, 3.05) is 11.9 Å². The summed E-state index contributed by atoms with van der Waals surface area (Å²) in [7, 11) is 0. The van der Waals surface area contributed by atoms with E-state index in [1.807, 2.05) is 0 Å². The van der Waals surface area contributed by atoms with Gasteiger partial charge in [0.25, 0.3) is 0 Å². The summed E-state index contributed by atoms with van der Waals surface area (Å²) in [5.74, 6) is 0.230. The van der Waals surface area contributed by atoms with Gasteiger partial charge >= 0.3 is 5.97 Å². The lowest BCUT2D eigenvalue weighted by atomic mass is 10.0. The van der Waals surface area contributed by atoms with E-state index in [1.165, 1.54) is 12.8 Å². The van der Waals surface area contributed by atoms with Crippen LogP contribution >= 0.6 is 0 Å². The quantitative estimate of drug-likeness (QED) is 0.846. The Kier molecular flexibility index (Phi) is 4.02. The maximum atomic E-state index is 11.7. The van der Waals surface area contributed by atoms with Crippen LogP contribution in [0.1, 0.15) is 55.6 Å². The predicted octanol–water partition coefficient (Wildman–Crippen LogP) is 2.71. The second-order valence-electron chi connectivity index (χ2n) is 5.31. The Morgan fingerprint density at radius 2 is 2.16 bits per heavy atom. The number of aryl methyl sites for hydroxylation is 1. The second kappa shape index (κ2) is 5.55. The van der Waals surface area contributed by atoms with E-state index in [2.05, 4.69) is 22.2 Å². The Morgan fingerprint density at radius 3 is 2.74 bits per heavy atom. The first-order valence-electron chi connectivity index (χ1n) is 6.83. The molecule has 0 saturated heterocycles. The molecule has 0 amide bonds. The first-order valence-corrected chi connectivity index (χ1v) is 6.83. The Bertz CT molecular complexity index is 468. The van der Waals surface area contributed by atoms with Crippen LogP contribution in [0.2, 0.25) is 0 Å². The van der Waals surface area contributed by atoms with Crippen LogP contribution in [0.5, 0.6) is 0 Å². The summed E-state index contributed by atoms with van der Waals surface area (Å²) >= 11 is 0. The molecule has 0 aromatic carbocycles. The van der Waals surface area contributed by atoms with Crippen molar-refractivity contribution in [2.45, 2.75) is 52.0 Å². The fraction of sp³-hybridized carbons (Fsp3) is 0.643. The second-order valence-corrected chi connectivity index (χ2v) is 5.31. The molecule has 1 aromatic rings. The van der Waals surface area contributed by atoms with Crippen LogP contribution in [0, 0.1) is 6.92 Å². The highest BCUT2D eigenvalue weighted by molar-refractivity contribution is 5.90. The van der Waals surface area contributed by atoms with Crippen molar-refractivity contribution < 1.29 is 9.53 Å². The zero-order valence-corrected chi connectivity index (χ0v) is 11.8. The van der Waals surface area contributed by atoms with Gasteiger partial charge < -0.3 is 10.1 Å². The Labute approximate surface area is 113 Å². The van der Waals surface area contributed by atoms with Gasteiger partial charge in [-0.1, -0.05) is 12.8 Å². The number of ether oxygens (including phenoxy) is 1. The minimum atomic E-state index is -0.362. The average molecular weight is 263 g/mol. The van der Waals surface area contributed by atoms with Gasteiger partial charge in [0.2, 0.25) is 5.95 Å². The van der Waals surface area contributed by atoms with Gasteiger partial charge in [0.15, 0.2) is 0 Å². The zero-order valence-electron chi connectivity index (χ0n) is 11.8. The first-order chi connectivity index (χ1) is 9.04. The van der Waals surface area contributed by atoms with E-state index >= 15 is 0 Å². The van der Waals surface area contributed by atoms with Crippen LogP contribution in [0.25, 0.3) is 0 Å². The zero-order chi connectivity index (χ0) is 13.9. The molecule has 0 spiro atoms. The van der Waals surface area contributed by atoms with E-state index in [-0.39, 0.29) is 11.5 Å². The topological polar surface area (TPSA) is 64.1 Å². The van der Waals surface area contributed by atoms with Gasteiger partial charge in [0, 0.05) is 11.7 Å². The third kappa shape index (κ3) is 3.22. The van der Waals surface area contributed by atoms with E-state index < -0.39 is 0 Å². The van der Waals surface area contributed by atoms with Crippen LogP contribution < -0.4 is 5.32 Å². The molecule has 1 aromatic heterocycles. The molecular weight excluding hydrogens is 242 g/mol. The van der Waals surface area contributed by atoms with Gasteiger partial charge in [-0.25, -0.2) is 14.8 Å². The standard InChI is InChI=1S/C14H21N3O2/c1-4-19-12(18)11-9-15-13(16-10(11)2)17-14(3)7-5-6-8-14/h9H,4-8H2,1-3H3,(H,15,16,17). The fourth-order valence-electron chi connectivity index (χ4n) is 2.49. The molecule has 0 bridgehead atoms. The minimum Gasteiger partial charge on any atom is -0.462 e. The summed E-state index contributed by atoms with van der Waals surface area (Å²) in [6.45, 7) is 6.13. The average Bonchev–Trinajstić information content (AvgIpc) is 2.76. The van der Waals surface area contributed by atoms with E-state index in [0.29, 0.717) is 23.8 Å². The molecule has 1 aliphatic carbocycles. The lowest BCUT2D eigenvalue weighted by Gasteiger charge is -2.25. The van der Waals surface area contributed by atoms with Gasteiger partial charge in [-0.15, -0.1) is 0 Å². The molecule has 0 radical (unpaired) electrons. The molecule has 0 atom stereocenters. The maximum Gasteiger partial charge on any atom is 0.341 e. The highest BCUT2D eigenvalue weighted by atomic mass is 16.5. The summed E-state index contributed by atoms with van der Waals surface area (Å²) in [5.41, 5.74) is 1.17. The fourth-order valence-corrected chi connectivity index (χ4v) is 2.49. The van der Waals surface area contributed by atoms with Crippen molar-refractivity contribution in [1.29, 1.82) is 0 Å². The molecule has 0 unspecified atom stereocenters. The smallest absolute Gasteiger partial charge is 0.341 e. The molecule has 2 rings (SSSR count). The van der Waals surface area contributed by atoms with Crippen molar-refractivity contribution in [3.63, 3.8) is 0 Å². The highest BCUT2D eigenvalue weighted by Gasteiger charge is 2.29. The van der Waals surface area contributed by atoms with E-state index in [9.17, 15) is 4.79 Å². The number of hydrogen-bond donors (Lipinski definition) is 1. The Hall–Kier alpha value is -1.65. The molecule has 1 saturated carbocycles. The van der Waals surface area contributed by atoms with E-state index in [1.54, 1.807) is 20.0 Å². The normalized spacial score (nSPS) is 17.2. The molecule has 5 nitrogen and oxygen atoms in total. The van der Waals surface area contributed by atoms with Crippen molar-refractivity contribution in [3.8, 4) is 0 Å². The van der Waals surface area contributed by atoms with Gasteiger partial charge in [-0.2, -0.15) is 0 Å². The predicted molar refractivity (Wildman–Crippen MR) is 73.2 cm³/mol. The van der Waals surface area contributed by atoms with Crippen molar-refractivity contribution in [2.24, 2.45) is 0 Å². The van der Waals surface area contributed by atoms with Gasteiger partial charge in [-0.05, 0) is 33.6 Å². The molecule has 5 heteroatoms. The van der Waals surface area contributed by atoms with Crippen LogP contribution in [0.15, 0.2) is 6.20 Å². The van der Waals surface area contributed by atoms with Crippen LogP contribution in [-0.2, 0) is 4.74 Å². The molecule has 1 N–H and O–H groups in total. The Morgan fingerprint density at radius 1 is 1.47 bits per heavy atom. The number of rotatable bonds is 4. The number of nitrogens with one attached hydrogen (secondary N) is 1. The molecule has 104 valence electrons. The third-order valence-electron chi connectivity index (χ3n) is 3.60. The van der Waals surface area contributed by atoms with Crippen LogP contribution in [-0.4, -0.2) is 28.1 Å². The molecule has 19 heavy (non-hydrogen) atoms. The molecular formula is C14H21N3O2. The number of aromatic nitrogens is 2. The number of carbonyl (C=O) groups is 1.